The number of nitrogens with one attached hydrogen (secondary N) is 2. The highest BCUT2D eigenvalue weighted by molar-refractivity contribution is 5.99. The Labute approximate surface area is 205 Å². The van der Waals surface area contributed by atoms with Crippen LogP contribution in [0.5, 0.6) is 0 Å². The van der Waals surface area contributed by atoms with Crippen molar-refractivity contribution in [1.29, 1.82) is 5.26 Å². The molecule has 1 radical (unpaired) electrons. The van der Waals surface area contributed by atoms with Crippen LogP contribution in [0.4, 0.5) is 0 Å². The number of ketones is 1. The van der Waals surface area contributed by atoms with Gasteiger partial charge in [-0.25, -0.2) is 5.32 Å². The Balaban J connectivity index is 1.41. The predicted molar refractivity (Wildman–Crippen MR) is 137 cm³/mol. The summed E-state index contributed by atoms with van der Waals surface area (Å²) in [7, 11) is 0. The minimum atomic E-state index is -0.260. The van der Waals surface area contributed by atoms with Crippen molar-refractivity contribution in [3.63, 3.8) is 0 Å². The molecular weight excluding hydrogens is 438 g/mol. The minimum Gasteiger partial charge on any atom is -0.340 e. The zero-order valence-corrected chi connectivity index (χ0v) is 19.8. The number of hydrogen-bond donors (Lipinski definition) is 2. The Morgan fingerprint density at radius 3 is 2.71 bits per heavy atom. The molecule has 1 aromatic heterocycles. The third-order valence-electron chi connectivity index (χ3n) is 6.08. The Hall–Kier alpha value is -4.18. The van der Waals surface area contributed by atoms with Crippen molar-refractivity contribution in [2.45, 2.75) is 51.6 Å². The molecule has 177 valence electrons. The van der Waals surface area contributed by atoms with Crippen LogP contribution in [0.15, 0.2) is 67.0 Å². The van der Waals surface area contributed by atoms with E-state index >= 15 is 0 Å². The van der Waals surface area contributed by atoms with E-state index in [1.165, 1.54) is 0 Å². The molecule has 2 heterocycles. The number of aliphatic imine (C=N–C) groups is 1. The molecule has 4 rings (SSSR count). The summed E-state index contributed by atoms with van der Waals surface area (Å²) < 4.78 is 1.88. The summed E-state index contributed by atoms with van der Waals surface area (Å²) in [6, 6.07) is 19.2. The molecule has 3 aromatic rings. The number of amides is 1. The van der Waals surface area contributed by atoms with Crippen molar-refractivity contribution >= 4 is 34.1 Å². The van der Waals surface area contributed by atoms with E-state index in [2.05, 4.69) is 21.7 Å². The number of carbonyl (C=O) groups excluding carboxylic acids is 2. The average Bonchev–Trinajstić information content (AvgIpc) is 3.51. The van der Waals surface area contributed by atoms with Gasteiger partial charge in [0.15, 0.2) is 11.9 Å². The first-order valence-electron chi connectivity index (χ1n) is 11.9. The fourth-order valence-electron chi connectivity index (χ4n) is 4.26. The first-order valence-corrected chi connectivity index (χ1v) is 11.9. The Morgan fingerprint density at radius 2 is 1.94 bits per heavy atom. The lowest BCUT2D eigenvalue weighted by atomic mass is 10.0. The number of fused-ring (bicyclic) bond motifs is 1. The monoisotopic (exact) mass is 467 g/mol. The average molecular weight is 468 g/mol. The molecule has 0 fully saturated rings. The zero-order chi connectivity index (χ0) is 24.6. The van der Waals surface area contributed by atoms with Gasteiger partial charge in [-0.1, -0.05) is 43.2 Å². The lowest BCUT2D eigenvalue weighted by molar-refractivity contribution is -0.122. The highest BCUT2D eigenvalue weighted by Gasteiger charge is 2.30. The van der Waals surface area contributed by atoms with Crippen LogP contribution in [0, 0.1) is 11.3 Å². The molecule has 0 saturated heterocycles. The summed E-state index contributed by atoms with van der Waals surface area (Å²) in [6.45, 7) is 1.78. The van der Waals surface area contributed by atoms with E-state index in [1.54, 1.807) is 19.2 Å². The maximum atomic E-state index is 13.0. The van der Waals surface area contributed by atoms with Crippen molar-refractivity contribution < 1.29 is 9.59 Å². The molecule has 0 spiro atoms. The lowest BCUT2D eigenvalue weighted by Crippen LogP contribution is -2.47. The topological polar surface area (TPSA) is 101 Å². The molecule has 0 bridgehead atoms. The second-order valence-electron chi connectivity index (χ2n) is 8.80. The van der Waals surface area contributed by atoms with Crippen LogP contribution in [-0.2, 0) is 16.1 Å². The van der Waals surface area contributed by atoms with Crippen LogP contribution in [0.2, 0.25) is 0 Å². The first-order chi connectivity index (χ1) is 17.0. The smallest absolute Gasteiger partial charge is 0.319 e. The molecule has 7 heteroatoms. The summed E-state index contributed by atoms with van der Waals surface area (Å²) in [5.74, 6) is 0.812. The van der Waals surface area contributed by atoms with Gasteiger partial charge in [0, 0.05) is 29.1 Å². The third kappa shape index (κ3) is 6.24. The number of amidine groups is 1. The highest BCUT2D eigenvalue weighted by Crippen LogP contribution is 2.18. The van der Waals surface area contributed by atoms with E-state index in [0.717, 1.165) is 53.7 Å². The van der Waals surface area contributed by atoms with Crippen LogP contribution in [0.25, 0.3) is 16.6 Å². The summed E-state index contributed by atoms with van der Waals surface area (Å²) in [4.78, 5) is 28.9. The molecule has 7 nitrogen and oxygen atoms in total. The van der Waals surface area contributed by atoms with Crippen LogP contribution in [0.1, 0.15) is 50.2 Å². The third-order valence-corrected chi connectivity index (χ3v) is 6.08. The van der Waals surface area contributed by atoms with E-state index in [4.69, 9.17) is 5.26 Å². The first kappa shape index (κ1) is 24.0. The van der Waals surface area contributed by atoms with Gasteiger partial charge in [0.25, 0.3) is 0 Å². The number of aromatic nitrogens is 1. The summed E-state index contributed by atoms with van der Waals surface area (Å²) >= 11 is 0. The number of hydrogen-bond acceptors (Lipinski definition) is 5. The number of unbranched alkanes of at least 4 members (excludes halogenated alkanes) is 2. The second-order valence-corrected chi connectivity index (χ2v) is 8.80. The van der Waals surface area contributed by atoms with Gasteiger partial charge in [0.2, 0.25) is 5.91 Å². The van der Waals surface area contributed by atoms with E-state index in [1.807, 2.05) is 59.3 Å². The van der Waals surface area contributed by atoms with Gasteiger partial charge in [-0.3, -0.25) is 4.79 Å². The van der Waals surface area contributed by atoms with Gasteiger partial charge in [-0.2, -0.15) is 5.26 Å². The number of Topliss-reactive ketones (excluding diaryl/α,β-unsaturated/α-hetero) is 1. The maximum absolute atomic E-state index is 13.0. The Kier molecular flexibility index (Phi) is 7.74. The molecular formula is C28H29N5O2+. The van der Waals surface area contributed by atoms with Gasteiger partial charge in [0.05, 0.1) is 11.6 Å². The van der Waals surface area contributed by atoms with Crippen molar-refractivity contribution in [3.05, 3.63) is 78.1 Å². The molecule has 1 atom stereocenters. The van der Waals surface area contributed by atoms with Crippen molar-refractivity contribution in [2.24, 2.45) is 0 Å². The van der Waals surface area contributed by atoms with Crippen molar-refractivity contribution in [3.8, 4) is 6.07 Å². The summed E-state index contributed by atoms with van der Waals surface area (Å²) in [5.41, 5.74) is 3.44. The van der Waals surface area contributed by atoms with Crippen LogP contribution in [-0.4, -0.2) is 28.1 Å². The molecule has 1 aliphatic heterocycles. The summed E-state index contributed by atoms with van der Waals surface area (Å²) in [5, 5.41) is 16.6. The van der Waals surface area contributed by atoms with E-state index in [9.17, 15) is 9.59 Å². The van der Waals surface area contributed by atoms with E-state index in [0.29, 0.717) is 12.0 Å². The molecule has 0 unspecified atom stereocenters. The quantitative estimate of drug-likeness (QED) is 0.418. The van der Waals surface area contributed by atoms with E-state index in [-0.39, 0.29) is 24.3 Å². The predicted octanol–water partition coefficient (Wildman–Crippen LogP) is 3.87. The van der Waals surface area contributed by atoms with Gasteiger partial charge < -0.3 is 14.7 Å². The number of benzene rings is 2. The van der Waals surface area contributed by atoms with Crippen molar-refractivity contribution in [1.82, 2.24) is 20.2 Å². The number of nitrogens with zero attached hydrogens (tertiary/aromatic N) is 3. The van der Waals surface area contributed by atoms with E-state index < -0.39 is 0 Å². The van der Waals surface area contributed by atoms with Gasteiger partial charge in [-0.05, 0) is 49.0 Å². The number of nitriles is 1. The number of rotatable bonds is 11. The van der Waals surface area contributed by atoms with Gasteiger partial charge >= 0.3 is 5.84 Å². The van der Waals surface area contributed by atoms with Crippen molar-refractivity contribution in [2.75, 3.05) is 0 Å². The molecule has 35 heavy (non-hydrogen) atoms. The van der Waals surface area contributed by atoms with Crippen LogP contribution in [0.3, 0.4) is 0 Å². The Bertz CT molecular complexity index is 1310. The molecule has 2 aromatic carbocycles. The van der Waals surface area contributed by atoms with Gasteiger partial charge in [0.1, 0.15) is 18.4 Å². The fraction of sp³-hybridized carbons (Fsp3) is 0.286. The number of carbonyl (C=O) groups is 2. The minimum absolute atomic E-state index is 0.113. The standard InChI is InChI=1S/C28H29N5O2/c1-20(34)8-4-2-7-11-24(28-30-18-25(32-28)22-9-5-3-6-10-22)31-27(35)19-33-15-14-23-16-21(17-29)12-13-26(23)33/h3,5-6,9-10,12-16,18,24,32H,2,4,7-8,11,19H2,1H3,(H,31,35)/q+1/t24-/m0/s1. The SMILES string of the molecule is CC(=O)CCCCC[C@H](NC(=O)Cn1ccc2cc(C#N)ccc21)C1=[N+]C=C(c2ccccc2)N1. The second kappa shape index (κ2) is 11.3. The fourth-order valence-corrected chi connectivity index (χ4v) is 4.26. The molecule has 0 aliphatic carbocycles. The van der Waals surface area contributed by atoms with Crippen LogP contribution < -0.4 is 15.6 Å². The maximum Gasteiger partial charge on any atom is 0.319 e. The zero-order valence-electron chi connectivity index (χ0n) is 19.8. The summed E-state index contributed by atoms with van der Waals surface area (Å²) in [6.07, 6.45) is 7.62. The van der Waals surface area contributed by atoms with Gasteiger partial charge in [-0.15, -0.1) is 0 Å². The van der Waals surface area contributed by atoms with Crippen LogP contribution >= 0.6 is 0 Å². The lowest BCUT2D eigenvalue weighted by Gasteiger charge is -2.16. The molecule has 0 saturated carbocycles. The molecule has 2 N–H and O–H groups in total. The Morgan fingerprint density at radius 1 is 1.11 bits per heavy atom. The highest BCUT2D eigenvalue weighted by atomic mass is 16.2. The largest absolute Gasteiger partial charge is 0.340 e. The normalized spacial score (nSPS) is 13.5. The molecule has 1 aliphatic rings. The molecule has 1 amide bonds.